The van der Waals surface area contributed by atoms with Crippen molar-refractivity contribution in [3.05, 3.63) is 65.9 Å². The summed E-state index contributed by atoms with van der Waals surface area (Å²) < 4.78 is 6.12. The molecule has 1 aliphatic rings. The zero-order valence-electron chi connectivity index (χ0n) is 21.9. The molecule has 10 nitrogen and oxygen atoms in total. The first-order valence-corrected chi connectivity index (χ1v) is 12.9. The van der Waals surface area contributed by atoms with E-state index in [4.69, 9.17) is 10.5 Å². The number of carbonyl (C=O) groups excluding carboxylic acids is 2. The van der Waals surface area contributed by atoms with E-state index in [1.165, 1.54) is 32.4 Å². The monoisotopic (exact) mass is 517 g/mol. The van der Waals surface area contributed by atoms with Crippen LogP contribution in [-0.4, -0.2) is 52.4 Å². The molecule has 2 heterocycles. The summed E-state index contributed by atoms with van der Waals surface area (Å²) in [7, 11) is 0. The Balaban J connectivity index is 1.48. The van der Waals surface area contributed by atoms with E-state index in [1.54, 1.807) is 6.07 Å². The fourth-order valence-corrected chi connectivity index (χ4v) is 4.36. The van der Waals surface area contributed by atoms with Gasteiger partial charge in [-0.05, 0) is 56.6 Å². The molecule has 10 heteroatoms. The van der Waals surface area contributed by atoms with Gasteiger partial charge in [0.05, 0.1) is 11.3 Å². The zero-order valence-corrected chi connectivity index (χ0v) is 21.9. The smallest absolute Gasteiger partial charge is 0.254 e. The Bertz CT molecular complexity index is 1250. The highest BCUT2D eigenvalue weighted by Gasteiger charge is 2.18. The minimum atomic E-state index is -0.625. The molecule has 0 spiro atoms. The fraction of sp³-hybridized carbons (Fsp3) is 0.357. The van der Waals surface area contributed by atoms with Crippen LogP contribution < -0.4 is 26.4 Å². The molecule has 5 N–H and O–H groups in total. The van der Waals surface area contributed by atoms with Crippen molar-refractivity contribution in [3.63, 3.8) is 0 Å². The predicted molar refractivity (Wildman–Crippen MR) is 149 cm³/mol. The second kappa shape index (κ2) is 12.9. The minimum Gasteiger partial charge on any atom is -0.490 e. The van der Waals surface area contributed by atoms with Crippen LogP contribution in [0.25, 0.3) is 0 Å². The molecular formula is C28H35N7O3. The lowest BCUT2D eigenvalue weighted by molar-refractivity contribution is -0.114. The Kier molecular flexibility index (Phi) is 9.10. The number of nitrogens with two attached hydrogens (primary N) is 1. The molecule has 0 radical (unpaired) electrons. The molecule has 0 bridgehead atoms. The number of hydrogen-bond acceptors (Lipinski definition) is 8. The topological polar surface area (TPSA) is 135 Å². The lowest BCUT2D eigenvalue weighted by Gasteiger charge is -2.32. The van der Waals surface area contributed by atoms with E-state index in [0.717, 1.165) is 18.7 Å². The lowest BCUT2D eigenvalue weighted by Crippen LogP contribution is -2.40. The average molecular weight is 518 g/mol. The van der Waals surface area contributed by atoms with E-state index < -0.39 is 5.91 Å². The van der Waals surface area contributed by atoms with Gasteiger partial charge < -0.3 is 26.4 Å². The summed E-state index contributed by atoms with van der Waals surface area (Å²) in [6.45, 7) is 6.78. The van der Waals surface area contributed by atoms with Gasteiger partial charge in [-0.3, -0.25) is 14.5 Å². The Morgan fingerprint density at radius 1 is 1.11 bits per heavy atom. The van der Waals surface area contributed by atoms with E-state index in [2.05, 4.69) is 37.7 Å². The Morgan fingerprint density at radius 2 is 1.87 bits per heavy atom. The minimum absolute atomic E-state index is 0.192. The van der Waals surface area contributed by atoms with Gasteiger partial charge in [0.2, 0.25) is 11.9 Å². The number of carbonyl (C=O) groups is 2. The van der Waals surface area contributed by atoms with Crippen LogP contribution >= 0.6 is 0 Å². The van der Waals surface area contributed by atoms with Crippen molar-refractivity contribution < 1.29 is 14.3 Å². The van der Waals surface area contributed by atoms with Crippen LogP contribution in [0.5, 0.6) is 5.75 Å². The second-order valence-electron chi connectivity index (χ2n) is 9.43. The first-order valence-electron chi connectivity index (χ1n) is 12.9. The Hall–Kier alpha value is -4.18. The lowest BCUT2D eigenvalue weighted by atomic mass is 10.1. The summed E-state index contributed by atoms with van der Waals surface area (Å²) in [6, 6.07) is 15.4. The number of rotatable bonds is 11. The molecule has 3 aromatic rings. The van der Waals surface area contributed by atoms with Gasteiger partial charge in [-0.15, -0.1) is 0 Å². The van der Waals surface area contributed by atoms with Gasteiger partial charge in [0.25, 0.3) is 5.91 Å². The van der Waals surface area contributed by atoms with Crippen molar-refractivity contribution in [1.29, 1.82) is 0 Å². The number of piperidine rings is 1. The highest BCUT2D eigenvalue weighted by molar-refractivity contribution is 5.97. The number of nitrogens with one attached hydrogen (secondary N) is 3. The second-order valence-corrected chi connectivity index (χ2v) is 9.43. The van der Waals surface area contributed by atoms with Crippen LogP contribution in [0.15, 0.2) is 54.7 Å². The maximum atomic E-state index is 11.9. The van der Waals surface area contributed by atoms with E-state index >= 15 is 0 Å². The van der Waals surface area contributed by atoms with Crippen LogP contribution in [-0.2, 0) is 11.3 Å². The van der Waals surface area contributed by atoms with E-state index in [9.17, 15) is 9.59 Å². The molecule has 1 unspecified atom stereocenters. The number of aromatic nitrogens is 2. The molecule has 2 aromatic carbocycles. The van der Waals surface area contributed by atoms with Gasteiger partial charge in [-0.25, -0.2) is 4.98 Å². The molecule has 1 fully saturated rings. The Labute approximate surface area is 223 Å². The van der Waals surface area contributed by atoms with E-state index in [0.29, 0.717) is 36.1 Å². The van der Waals surface area contributed by atoms with Gasteiger partial charge in [-0.2, -0.15) is 4.98 Å². The quantitative estimate of drug-likeness (QED) is 0.298. The molecule has 1 atom stereocenters. The molecule has 4 rings (SSSR count). The SMILES string of the molecule is CC(=O)Nc1cc(Nc2ncc(C(N)=O)c(NCc3ccccc3)n2)ccc1OCC(C)N1CCCCC1. The number of nitrogens with zero attached hydrogens (tertiary/aromatic N) is 3. The largest absolute Gasteiger partial charge is 0.490 e. The standard InChI is InChI=1S/C28H35N7O3/c1-19(35-13-7-4-8-14-35)18-38-25-12-11-22(15-24(25)32-20(2)36)33-28-31-17-23(26(29)37)27(34-28)30-16-21-9-5-3-6-10-21/h3,5-6,9-12,15,17,19H,4,7-8,13-14,16,18H2,1-2H3,(H2,29,37)(H,32,36)(H2,30,31,33,34). The molecule has 38 heavy (non-hydrogen) atoms. The molecule has 1 saturated heterocycles. The van der Waals surface area contributed by atoms with Crippen LogP contribution in [0.4, 0.5) is 23.1 Å². The molecule has 0 aliphatic carbocycles. The molecular weight excluding hydrogens is 482 g/mol. The van der Waals surface area contributed by atoms with Crippen molar-refractivity contribution >= 4 is 35.0 Å². The van der Waals surface area contributed by atoms with E-state index in [1.807, 2.05) is 42.5 Å². The van der Waals surface area contributed by atoms with Crippen molar-refractivity contribution in [1.82, 2.24) is 14.9 Å². The summed E-state index contributed by atoms with van der Waals surface area (Å²) in [5.41, 5.74) is 7.94. The van der Waals surface area contributed by atoms with Gasteiger partial charge in [0.1, 0.15) is 18.2 Å². The normalized spacial score (nSPS) is 14.4. The van der Waals surface area contributed by atoms with Gasteiger partial charge in [0.15, 0.2) is 0 Å². The predicted octanol–water partition coefficient (Wildman–Crippen LogP) is 4.14. The molecule has 2 amide bonds. The number of benzene rings is 2. The first kappa shape index (κ1) is 26.9. The summed E-state index contributed by atoms with van der Waals surface area (Å²) in [5.74, 6) is 0.356. The molecule has 1 aliphatic heterocycles. The van der Waals surface area contributed by atoms with E-state index in [-0.39, 0.29) is 23.5 Å². The van der Waals surface area contributed by atoms with Crippen LogP contribution in [0.2, 0.25) is 0 Å². The Morgan fingerprint density at radius 3 is 2.58 bits per heavy atom. The summed E-state index contributed by atoms with van der Waals surface area (Å²) >= 11 is 0. The van der Waals surface area contributed by atoms with Crippen molar-refractivity contribution in [2.45, 2.75) is 45.7 Å². The van der Waals surface area contributed by atoms with Crippen LogP contribution in [0.1, 0.15) is 49.0 Å². The van der Waals surface area contributed by atoms with Crippen molar-refractivity contribution in [2.75, 3.05) is 35.6 Å². The number of primary amides is 1. The van der Waals surface area contributed by atoms with Crippen LogP contribution in [0.3, 0.4) is 0 Å². The average Bonchev–Trinajstić information content (AvgIpc) is 2.92. The molecule has 1 aromatic heterocycles. The summed E-state index contributed by atoms with van der Waals surface area (Å²) in [6.07, 6.45) is 5.10. The van der Waals surface area contributed by atoms with Gasteiger partial charge in [0, 0.05) is 31.4 Å². The fourth-order valence-electron chi connectivity index (χ4n) is 4.36. The third-order valence-corrected chi connectivity index (χ3v) is 6.40. The van der Waals surface area contributed by atoms with Gasteiger partial charge in [-0.1, -0.05) is 36.8 Å². The zero-order chi connectivity index (χ0) is 26.9. The van der Waals surface area contributed by atoms with Crippen molar-refractivity contribution in [2.24, 2.45) is 5.73 Å². The van der Waals surface area contributed by atoms with Crippen LogP contribution in [0, 0.1) is 0 Å². The third kappa shape index (κ3) is 7.42. The number of amides is 2. The van der Waals surface area contributed by atoms with Crippen molar-refractivity contribution in [3.8, 4) is 5.75 Å². The summed E-state index contributed by atoms with van der Waals surface area (Å²) in [5, 5.41) is 9.15. The summed E-state index contributed by atoms with van der Waals surface area (Å²) in [4.78, 5) is 35.0. The first-order chi connectivity index (χ1) is 18.4. The third-order valence-electron chi connectivity index (χ3n) is 6.40. The number of likely N-dealkylation sites (tertiary alicyclic amines) is 1. The number of hydrogen-bond donors (Lipinski definition) is 4. The molecule has 0 saturated carbocycles. The maximum Gasteiger partial charge on any atom is 0.254 e. The highest BCUT2D eigenvalue weighted by atomic mass is 16.5. The number of ether oxygens (including phenoxy) is 1. The maximum absolute atomic E-state index is 11.9. The highest BCUT2D eigenvalue weighted by Crippen LogP contribution is 2.30. The molecule has 200 valence electrons. The number of anilines is 4. The van der Waals surface area contributed by atoms with Gasteiger partial charge >= 0.3 is 0 Å².